The largest absolute Gasteiger partial charge is 0.486 e. The Bertz CT molecular complexity index is 584. The molecule has 2 aromatic rings. The maximum absolute atomic E-state index is 11.8. The highest BCUT2D eigenvalue weighted by Crippen LogP contribution is 2.18. The van der Waals surface area contributed by atoms with Gasteiger partial charge in [0, 0.05) is 11.8 Å². The molecule has 2 rings (SSSR count). The number of nitrogens with two attached hydrogens (primary N) is 1. The second-order valence-corrected chi connectivity index (χ2v) is 5.01. The summed E-state index contributed by atoms with van der Waals surface area (Å²) in [5.74, 6) is 0.393. The molecule has 1 amide bonds. The van der Waals surface area contributed by atoms with Gasteiger partial charge in [0.2, 0.25) is 0 Å². The molecule has 0 bridgehead atoms. The van der Waals surface area contributed by atoms with E-state index in [9.17, 15) is 4.79 Å². The quantitative estimate of drug-likeness (QED) is 0.825. The number of nitrogens with one attached hydrogen (secondary N) is 1. The van der Waals surface area contributed by atoms with Crippen LogP contribution in [0.15, 0.2) is 36.0 Å². The lowest BCUT2D eigenvalue weighted by molar-refractivity contribution is 0.103. The standard InChI is InChI=1S/C12H11N3O2S2/c13-11(18)6-17-9-3-1-2-8(4-9)15-12(16)10-5-14-7-19-10/h1-5,7H,6H2,(H2,13,18)(H,15,16). The van der Waals surface area contributed by atoms with Crippen molar-refractivity contribution in [1.29, 1.82) is 0 Å². The second kappa shape index (κ2) is 6.26. The Morgan fingerprint density at radius 3 is 3.05 bits per heavy atom. The van der Waals surface area contributed by atoms with Crippen LogP contribution in [0.1, 0.15) is 9.67 Å². The number of aromatic nitrogens is 1. The van der Waals surface area contributed by atoms with Crippen molar-refractivity contribution in [3.63, 3.8) is 0 Å². The number of rotatable bonds is 5. The average molecular weight is 293 g/mol. The molecular weight excluding hydrogens is 282 g/mol. The van der Waals surface area contributed by atoms with Crippen LogP contribution in [0.5, 0.6) is 5.75 Å². The topological polar surface area (TPSA) is 77.2 Å². The van der Waals surface area contributed by atoms with Crippen molar-refractivity contribution < 1.29 is 9.53 Å². The van der Waals surface area contributed by atoms with Crippen LogP contribution in [0.25, 0.3) is 0 Å². The molecule has 0 saturated heterocycles. The van der Waals surface area contributed by atoms with Crippen LogP contribution in [-0.4, -0.2) is 22.5 Å². The van der Waals surface area contributed by atoms with Gasteiger partial charge in [-0.3, -0.25) is 9.78 Å². The smallest absolute Gasteiger partial charge is 0.267 e. The predicted molar refractivity (Wildman–Crippen MR) is 78.8 cm³/mol. The Kier molecular flexibility index (Phi) is 4.43. The third kappa shape index (κ3) is 4.01. The molecule has 0 atom stereocenters. The van der Waals surface area contributed by atoms with Gasteiger partial charge in [-0.15, -0.1) is 11.3 Å². The highest BCUT2D eigenvalue weighted by atomic mass is 32.1. The Morgan fingerprint density at radius 2 is 2.37 bits per heavy atom. The van der Waals surface area contributed by atoms with Crippen molar-refractivity contribution in [2.45, 2.75) is 0 Å². The number of anilines is 1. The third-order valence-electron chi connectivity index (χ3n) is 2.13. The maximum atomic E-state index is 11.8. The molecule has 0 radical (unpaired) electrons. The number of benzene rings is 1. The van der Waals surface area contributed by atoms with E-state index in [1.807, 2.05) is 0 Å². The first-order valence-electron chi connectivity index (χ1n) is 5.36. The minimum Gasteiger partial charge on any atom is -0.486 e. The van der Waals surface area contributed by atoms with Gasteiger partial charge in [-0.2, -0.15) is 0 Å². The summed E-state index contributed by atoms with van der Waals surface area (Å²) in [5, 5.41) is 2.76. The zero-order valence-electron chi connectivity index (χ0n) is 9.83. The molecule has 5 nitrogen and oxygen atoms in total. The number of carbonyl (C=O) groups is 1. The van der Waals surface area contributed by atoms with E-state index in [1.165, 1.54) is 17.5 Å². The van der Waals surface area contributed by atoms with Crippen LogP contribution in [-0.2, 0) is 0 Å². The van der Waals surface area contributed by atoms with Crippen LogP contribution < -0.4 is 15.8 Å². The SMILES string of the molecule is NC(=S)COc1cccc(NC(=O)c2cncs2)c1. The van der Waals surface area contributed by atoms with Gasteiger partial charge in [-0.25, -0.2) is 0 Å². The molecule has 0 aliphatic heterocycles. The molecule has 3 N–H and O–H groups in total. The molecule has 0 spiro atoms. The maximum Gasteiger partial charge on any atom is 0.267 e. The van der Waals surface area contributed by atoms with Crippen molar-refractivity contribution >= 4 is 40.1 Å². The normalized spacial score (nSPS) is 9.89. The van der Waals surface area contributed by atoms with Crippen molar-refractivity contribution in [3.05, 3.63) is 40.8 Å². The van der Waals surface area contributed by atoms with E-state index in [0.29, 0.717) is 16.3 Å². The van der Waals surface area contributed by atoms with Crippen LogP contribution in [0.3, 0.4) is 0 Å². The van der Waals surface area contributed by atoms with Crippen molar-refractivity contribution in [2.24, 2.45) is 5.73 Å². The number of carbonyl (C=O) groups excluding carboxylic acids is 1. The molecule has 0 saturated carbocycles. The summed E-state index contributed by atoms with van der Waals surface area (Å²) < 4.78 is 5.35. The summed E-state index contributed by atoms with van der Waals surface area (Å²) in [6.45, 7) is 0.168. The van der Waals surface area contributed by atoms with Crippen molar-refractivity contribution in [1.82, 2.24) is 4.98 Å². The van der Waals surface area contributed by atoms with E-state index >= 15 is 0 Å². The molecule has 0 fully saturated rings. The lowest BCUT2D eigenvalue weighted by atomic mass is 10.3. The van der Waals surface area contributed by atoms with Gasteiger partial charge in [0.1, 0.15) is 22.2 Å². The molecule has 0 aliphatic rings. The lowest BCUT2D eigenvalue weighted by Crippen LogP contribution is -2.18. The van der Waals surface area contributed by atoms with E-state index in [2.05, 4.69) is 10.3 Å². The van der Waals surface area contributed by atoms with E-state index in [4.69, 9.17) is 22.7 Å². The van der Waals surface area contributed by atoms with Gasteiger partial charge < -0.3 is 15.8 Å². The zero-order valence-corrected chi connectivity index (χ0v) is 11.5. The number of amides is 1. The Labute approximate surface area is 119 Å². The van der Waals surface area contributed by atoms with Crippen molar-refractivity contribution in [2.75, 3.05) is 11.9 Å². The summed E-state index contributed by atoms with van der Waals surface area (Å²) >= 11 is 6.01. The molecule has 1 aromatic heterocycles. The second-order valence-electron chi connectivity index (χ2n) is 3.60. The van der Waals surface area contributed by atoms with Gasteiger partial charge >= 0.3 is 0 Å². The lowest BCUT2D eigenvalue weighted by Gasteiger charge is -2.07. The first-order chi connectivity index (χ1) is 9.15. The fourth-order valence-electron chi connectivity index (χ4n) is 1.34. The molecule has 0 unspecified atom stereocenters. The third-order valence-corrected chi connectivity index (χ3v) is 3.02. The van der Waals surface area contributed by atoms with Gasteiger partial charge in [0.25, 0.3) is 5.91 Å². The minimum atomic E-state index is -0.200. The Hall–Kier alpha value is -1.99. The minimum absolute atomic E-state index is 0.168. The van der Waals surface area contributed by atoms with Gasteiger partial charge in [0.05, 0.1) is 11.7 Å². The molecule has 19 heavy (non-hydrogen) atoms. The van der Waals surface area contributed by atoms with Gasteiger partial charge in [-0.05, 0) is 12.1 Å². The molecule has 1 heterocycles. The number of hydrogen-bond donors (Lipinski definition) is 2. The van der Waals surface area contributed by atoms with E-state index in [-0.39, 0.29) is 17.5 Å². The highest BCUT2D eigenvalue weighted by molar-refractivity contribution is 7.80. The number of hydrogen-bond acceptors (Lipinski definition) is 5. The number of nitrogens with zero attached hydrogens (tertiary/aromatic N) is 1. The first kappa shape index (κ1) is 13.4. The summed E-state index contributed by atoms with van der Waals surface area (Å²) in [6.07, 6.45) is 1.52. The summed E-state index contributed by atoms with van der Waals surface area (Å²) in [6, 6.07) is 7.02. The number of thiazole rings is 1. The molecule has 98 valence electrons. The summed E-state index contributed by atoms with van der Waals surface area (Å²) in [5.41, 5.74) is 7.60. The molecule has 1 aromatic carbocycles. The molecule has 7 heteroatoms. The highest BCUT2D eigenvalue weighted by Gasteiger charge is 2.08. The first-order valence-corrected chi connectivity index (χ1v) is 6.65. The van der Waals surface area contributed by atoms with E-state index < -0.39 is 0 Å². The van der Waals surface area contributed by atoms with Crippen molar-refractivity contribution in [3.8, 4) is 5.75 Å². The number of ether oxygens (including phenoxy) is 1. The molecule has 0 aliphatic carbocycles. The summed E-state index contributed by atoms with van der Waals surface area (Å²) in [7, 11) is 0. The van der Waals surface area contributed by atoms with E-state index in [0.717, 1.165) is 0 Å². The van der Waals surface area contributed by atoms with E-state index in [1.54, 1.807) is 29.8 Å². The Morgan fingerprint density at radius 1 is 1.53 bits per heavy atom. The fourth-order valence-corrected chi connectivity index (χ4v) is 1.91. The van der Waals surface area contributed by atoms with Gasteiger partial charge in [-0.1, -0.05) is 18.3 Å². The average Bonchev–Trinajstić information content (AvgIpc) is 2.91. The monoisotopic (exact) mass is 293 g/mol. The molecular formula is C12H11N3O2S2. The zero-order chi connectivity index (χ0) is 13.7. The predicted octanol–water partition coefficient (Wildman–Crippen LogP) is 2.06. The van der Waals surface area contributed by atoms with Crippen LogP contribution in [0.2, 0.25) is 0 Å². The fraction of sp³-hybridized carbons (Fsp3) is 0.0833. The van der Waals surface area contributed by atoms with Crippen LogP contribution in [0, 0.1) is 0 Å². The van der Waals surface area contributed by atoms with Crippen LogP contribution in [0.4, 0.5) is 5.69 Å². The van der Waals surface area contributed by atoms with Gasteiger partial charge in [0.15, 0.2) is 0 Å². The Balaban J connectivity index is 2.02. The number of thiocarbonyl (C=S) groups is 1. The van der Waals surface area contributed by atoms with Crippen LogP contribution >= 0.6 is 23.6 Å². The summed E-state index contributed by atoms with van der Waals surface area (Å²) in [4.78, 5) is 16.5.